The van der Waals surface area contributed by atoms with Crippen molar-refractivity contribution >= 4 is 59.6 Å². The number of aliphatic carboxylic acids is 2. The normalized spacial score (nSPS) is 11.3. The molecule has 0 aliphatic rings. The molecule has 83 heavy (non-hydrogen) atoms. The first-order chi connectivity index (χ1) is 38.6. The molecule has 0 fully saturated rings. The van der Waals surface area contributed by atoms with Crippen molar-refractivity contribution in [3.63, 3.8) is 0 Å². The molecular weight excluding hydrogens is 1160 g/mol. The van der Waals surface area contributed by atoms with E-state index in [2.05, 4.69) is 196 Å². The summed E-state index contributed by atoms with van der Waals surface area (Å²) in [6.45, 7) is 38.4. The van der Waals surface area contributed by atoms with Gasteiger partial charge in [0, 0.05) is 23.1 Å². The Morgan fingerprint density at radius 3 is 0.639 bits per heavy atom. The number of hydrogen-bond acceptors (Lipinski definition) is 10. The van der Waals surface area contributed by atoms with Gasteiger partial charge >= 0.3 is 19.5 Å². The number of methoxy groups -OCH3 is 6. The van der Waals surface area contributed by atoms with Gasteiger partial charge in [-0.2, -0.15) is 0 Å². The number of ether oxygens (including phenoxy) is 6. The number of carboxylic acid groups (broad SMARTS) is 2. The fourth-order valence-corrected chi connectivity index (χ4v) is 15.8. The smallest absolute Gasteiger partial charge is 0.550 e. The average Bonchev–Trinajstić information content (AvgIpc) is 3.60. The number of carbonyl (C=O) groups excluding carboxylic acids is 2. The predicted molar refractivity (Wildman–Crippen MR) is 343 cm³/mol. The SMILES string of the molecule is CC(=O)[O-].CC(=O)[O-].COc1cccc(P(c2cc(C(C)C)c(OC)c(C(C)C)c2)c2cc(C(C)C)c(OC)c(C(C)C)c2)c1-c1c(OC)cccc1P(c1cc(C(C)C)c(OC)c(C(C)C)c1)c1cc(C(C)C)c(OC)c(C(C)C)c1.[Ru+2]. The Morgan fingerprint density at radius 2 is 0.506 bits per heavy atom. The second-order valence-electron chi connectivity index (χ2n) is 23.2. The zero-order valence-electron chi connectivity index (χ0n) is 54.0. The molecule has 0 aliphatic heterocycles. The van der Waals surface area contributed by atoms with Crippen molar-refractivity contribution in [3.8, 4) is 45.6 Å². The quantitative estimate of drug-likeness (QED) is 0.0506. The standard InChI is InChI=1S/C66H88O6P2.2C2H4O2.Ru/c1-37(2)49-29-45(30-50(38(3)4)63(49)69-19)73(46-31-51(39(5)6)64(70-20)52(32-46)40(7)8)59-27-23-25-57(67-17)61(59)62-58(68-18)26-24-28-60(62)74(47-33-53(41(9)10)65(71-21)54(34-47)42(11)12)48-35-55(43(13)14)66(72-22)56(36-48)44(15)16;2*1-2(3)4;/h23-44H,1-22H3;2*1H3,(H,3,4);/q;;;+2/p-2. The van der Waals surface area contributed by atoms with Crippen LogP contribution in [0.5, 0.6) is 34.5 Å². The van der Waals surface area contributed by atoms with E-state index in [-0.39, 0.29) is 66.8 Å². The van der Waals surface area contributed by atoms with Crippen molar-refractivity contribution in [2.45, 2.75) is 172 Å². The van der Waals surface area contributed by atoms with E-state index in [0.29, 0.717) is 0 Å². The summed E-state index contributed by atoms with van der Waals surface area (Å²) in [5.74, 6) is 5.04. The summed E-state index contributed by atoms with van der Waals surface area (Å²) < 4.78 is 38.7. The van der Waals surface area contributed by atoms with Gasteiger partial charge in [0.1, 0.15) is 34.5 Å². The van der Waals surface area contributed by atoms with Gasteiger partial charge in [0.15, 0.2) is 0 Å². The summed E-state index contributed by atoms with van der Waals surface area (Å²) >= 11 is 0. The fraction of sp³-hybridized carbons (Fsp3) is 0.457. The molecule has 6 rings (SSSR count). The average molecular weight is 1260 g/mol. The van der Waals surface area contributed by atoms with E-state index in [4.69, 9.17) is 48.2 Å². The topological polar surface area (TPSA) is 136 Å². The van der Waals surface area contributed by atoms with Crippen molar-refractivity contribution in [2.75, 3.05) is 42.7 Å². The molecule has 10 nitrogen and oxygen atoms in total. The van der Waals surface area contributed by atoms with E-state index in [1.807, 2.05) is 42.7 Å². The second kappa shape index (κ2) is 32.2. The molecule has 0 aliphatic carbocycles. The Morgan fingerprint density at radius 1 is 0.337 bits per heavy atom. The number of rotatable bonds is 21. The van der Waals surface area contributed by atoms with E-state index in [0.717, 1.165) is 59.5 Å². The second-order valence-corrected chi connectivity index (χ2v) is 27.6. The van der Waals surface area contributed by atoms with Crippen LogP contribution in [0.1, 0.15) is 216 Å². The van der Waals surface area contributed by atoms with Crippen LogP contribution in [0.4, 0.5) is 0 Å². The zero-order valence-corrected chi connectivity index (χ0v) is 57.6. The molecule has 0 saturated heterocycles. The van der Waals surface area contributed by atoms with Gasteiger partial charge in [-0.3, -0.25) is 0 Å². The molecule has 13 heteroatoms. The Hall–Kier alpha value is -5.46. The first-order valence-corrected chi connectivity index (χ1v) is 31.4. The molecule has 0 heterocycles. The maximum atomic E-state index is 8.89. The molecule has 0 amide bonds. The van der Waals surface area contributed by atoms with Crippen molar-refractivity contribution in [1.82, 2.24) is 0 Å². The van der Waals surface area contributed by atoms with Gasteiger partial charge in [0.05, 0.1) is 42.7 Å². The van der Waals surface area contributed by atoms with Crippen LogP contribution < -0.4 is 70.5 Å². The maximum absolute atomic E-state index is 8.89. The van der Waals surface area contributed by atoms with Crippen LogP contribution in [-0.2, 0) is 29.1 Å². The molecule has 0 saturated carbocycles. The van der Waals surface area contributed by atoms with E-state index in [1.54, 1.807) is 0 Å². The zero-order chi connectivity index (χ0) is 61.8. The third-order valence-electron chi connectivity index (χ3n) is 14.5. The van der Waals surface area contributed by atoms with Gasteiger partial charge in [-0.25, -0.2) is 0 Å². The number of carbonyl (C=O) groups is 2. The summed E-state index contributed by atoms with van der Waals surface area (Å²) in [5.41, 5.74) is 11.7. The van der Waals surface area contributed by atoms with Crippen LogP contribution in [0, 0.1) is 0 Å². The molecule has 0 aromatic heterocycles. The van der Waals surface area contributed by atoms with Gasteiger partial charge in [0.25, 0.3) is 0 Å². The number of carboxylic acids is 2. The van der Waals surface area contributed by atoms with Gasteiger partial charge in [-0.15, -0.1) is 0 Å². The molecule has 0 atom stereocenters. The summed E-state index contributed by atoms with van der Waals surface area (Å²) in [6.07, 6.45) is 0. The first kappa shape index (κ1) is 71.8. The molecule has 0 radical (unpaired) electrons. The summed E-state index contributed by atoms with van der Waals surface area (Å²) in [7, 11) is 8.28. The minimum absolute atomic E-state index is 0. The fourth-order valence-electron chi connectivity index (χ4n) is 10.6. The van der Waals surface area contributed by atoms with Crippen molar-refractivity contribution in [2.24, 2.45) is 0 Å². The monoisotopic (exact) mass is 1260 g/mol. The molecule has 452 valence electrons. The van der Waals surface area contributed by atoms with Crippen molar-refractivity contribution in [3.05, 3.63) is 129 Å². The van der Waals surface area contributed by atoms with Crippen LogP contribution >= 0.6 is 15.8 Å². The van der Waals surface area contributed by atoms with E-state index in [1.165, 1.54) is 76.3 Å². The molecule has 0 bridgehead atoms. The first-order valence-electron chi connectivity index (χ1n) is 28.7. The summed E-state index contributed by atoms with van der Waals surface area (Å²) in [5, 5.41) is 25.2. The van der Waals surface area contributed by atoms with Crippen LogP contribution in [-0.4, -0.2) is 54.6 Å². The van der Waals surface area contributed by atoms with Crippen molar-refractivity contribution in [1.29, 1.82) is 0 Å². The van der Waals surface area contributed by atoms with E-state index >= 15 is 0 Å². The van der Waals surface area contributed by atoms with Gasteiger partial charge in [-0.1, -0.05) is 135 Å². The number of hydrogen-bond donors (Lipinski definition) is 0. The van der Waals surface area contributed by atoms with Gasteiger partial charge in [0.2, 0.25) is 0 Å². The molecule has 0 N–H and O–H groups in total. The number of benzene rings is 6. The van der Waals surface area contributed by atoms with Crippen LogP contribution in [0.25, 0.3) is 11.1 Å². The molecule has 0 unspecified atom stereocenters. The van der Waals surface area contributed by atoms with Crippen LogP contribution in [0.3, 0.4) is 0 Å². The minimum Gasteiger partial charge on any atom is -0.550 e. The van der Waals surface area contributed by atoms with Crippen molar-refractivity contribution < 1.29 is 67.7 Å². The van der Waals surface area contributed by atoms with Gasteiger partial charge in [-0.05, 0) is 214 Å². The Bertz CT molecular complexity index is 2660. The maximum Gasteiger partial charge on any atom is 2.00 e. The Labute approximate surface area is 514 Å². The van der Waals surface area contributed by atoms with Gasteiger partial charge < -0.3 is 48.2 Å². The molecule has 6 aromatic rings. The minimum atomic E-state index is -1.31. The molecule has 0 spiro atoms. The van der Waals surface area contributed by atoms with Crippen LogP contribution in [0.15, 0.2) is 84.9 Å². The summed E-state index contributed by atoms with van der Waals surface area (Å²) in [6, 6.07) is 32.8. The predicted octanol–water partition coefficient (Wildman–Crippen LogP) is 13.4. The van der Waals surface area contributed by atoms with Crippen LogP contribution in [0.2, 0.25) is 0 Å². The third kappa shape index (κ3) is 16.9. The Kier molecular flexibility index (Phi) is 27.8. The van der Waals surface area contributed by atoms with E-state index < -0.39 is 27.8 Å². The molecule has 6 aromatic carbocycles. The largest absolute Gasteiger partial charge is 2.00 e. The van der Waals surface area contributed by atoms with E-state index in [9.17, 15) is 0 Å². The Balaban J connectivity index is 0.00000188. The summed E-state index contributed by atoms with van der Waals surface area (Å²) in [4.78, 5) is 17.8. The third-order valence-corrected chi connectivity index (χ3v) is 19.3. The molecular formula is C70H94O10P2Ru.